The van der Waals surface area contributed by atoms with Crippen molar-refractivity contribution in [3.05, 3.63) is 40.0 Å². The number of nitrogens with zero attached hydrogens (tertiary/aromatic N) is 4. The number of piperazine rings is 1. The standard InChI is InChI=1S/C19H28N4O3S/c1-6-17-20-18(26-21-17)12-22-7-9-23(10-8-22)27(24,25)19-15(4)13(2)11-14(3)16(19)5/h11H,6-10,12H2,1-5H3. The van der Waals surface area contributed by atoms with Crippen molar-refractivity contribution in [2.24, 2.45) is 0 Å². The molecule has 0 N–H and O–H groups in total. The average molecular weight is 393 g/mol. The molecule has 1 saturated heterocycles. The monoisotopic (exact) mass is 392 g/mol. The smallest absolute Gasteiger partial charge is 0.243 e. The van der Waals surface area contributed by atoms with Crippen LogP contribution < -0.4 is 0 Å². The Bertz CT molecular complexity index is 902. The highest BCUT2D eigenvalue weighted by atomic mass is 32.2. The van der Waals surface area contributed by atoms with Crippen LogP contribution in [0.2, 0.25) is 0 Å². The minimum Gasteiger partial charge on any atom is -0.338 e. The molecule has 0 unspecified atom stereocenters. The van der Waals surface area contributed by atoms with Crippen molar-refractivity contribution in [3.63, 3.8) is 0 Å². The van der Waals surface area contributed by atoms with E-state index < -0.39 is 10.0 Å². The second-order valence-corrected chi connectivity index (χ2v) is 9.10. The Morgan fingerprint density at radius 2 is 1.63 bits per heavy atom. The van der Waals surface area contributed by atoms with Crippen molar-refractivity contribution >= 4 is 10.0 Å². The Morgan fingerprint density at radius 3 is 2.15 bits per heavy atom. The van der Waals surface area contributed by atoms with E-state index in [-0.39, 0.29) is 0 Å². The largest absolute Gasteiger partial charge is 0.338 e. The first-order valence-corrected chi connectivity index (χ1v) is 10.8. The first-order valence-electron chi connectivity index (χ1n) is 9.35. The van der Waals surface area contributed by atoms with Crippen LogP contribution in [-0.4, -0.2) is 53.9 Å². The Hall–Kier alpha value is -1.77. The Kier molecular flexibility index (Phi) is 5.69. The molecule has 0 bridgehead atoms. The molecule has 1 aliphatic heterocycles. The van der Waals surface area contributed by atoms with Gasteiger partial charge in [-0.2, -0.15) is 9.29 Å². The lowest BCUT2D eigenvalue weighted by Gasteiger charge is -2.34. The van der Waals surface area contributed by atoms with E-state index in [1.165, 1.54) is 0 Å². The van der Waals surface area contributed by atoms with E-state index in [9.17, 15) is 8.42 Å². The van der Waals surface area contributed by atoms with Gasteiger partial charge in [-0.3, -0.25) is 4.90 Å². The van der Waals surface area contributed by atoms with Crippen LogP contribution in [0.3, 0.4) is 0 Å². The normalized spacial score (nSPS) is 16.8. The lowest BCUT2D eigenvalue weighted by Crippen LogP contribution is -2.48. The number of rotatable bonds is 5. The van der Waals surface area contributed by atoms with E-state index in [1.54, 1.807) is 4.31 Å². The van der Waals surface area contributed by atoms with Crippen LogP contribution in [0, 0.1) is 27.7 Å². The van der Waals surface area contributed by atoms with E-state index in [2.05, 4.69) is 21.1 Å². The number of aryl methyl sites for hydroxylation is 3. The number of aromatic nitrogens is 2. The number of hydrogen-bond acceptors (Lipinski definition) is 6. The molecule has 3 rings (SSSR count). The second kappa shape index (κ2) is 7.69. The molecule has 0 amide bonds. The van der Waals surface area contributed by atoms with E-state index in [0.717, 1.165) is 28.7 Å². The zero-order chi connectivity index (χ0) is 19.8. The fourth-order valence-electron chi connectivity index (χ4n) is 3.51. The number of sulfonamides is 1. The third-order valence-electron chi connectivity index (χ3n) is 5.41. The van der Waals surface area contributed by atoms with Gasteiger partial charge in [0.1, 0.15) is 0 Å². The molecule has 1 aliphatic rings. The summed E-state index contributed by atoms with van der Waals surface area (Å²) in [6.45, 7) is 12.5. The summed E-state index contributed by atoms with van der Waals surface area (Å²) in [4.78, 5) is 6.95. The minimum absolute atomic E-state index is 0.461. The van der Waals surface area contributed by atoms with Crippen molar-refractivity contribution in [3.8, 4) is 0 Å². The molecule has 27 heavy (non-hydrogen) atoms. The number of hydrogen-bond donors (Lipinski definition) is 0. The molecule has 8 heteroatoms. The topological polar surface area (TPSA) is 79.5 Å². The van der Waals surface area contributed by atoms with Gasteiger partial charge in [0.2, 0.25) is 15.9 Å². The molecular weight excluding hydrogens is 364 g/mol. The molecule has 7 nitrogen and oxygen atoms in total. The Morgan fingerprint density at radius 1 is 1.04 bits per heavy atom. The van der Waals surface area contributed by atoms with Crippen molar-refractivity contribution in [2.75, 3.05) is 26.2 Å². The quantitative estimate of drug-likeness (QED) is 0.777. The van der Waals surface area contributed by atoms with Crippen LogP contribution >= 0.6 is 0 Å². The van der Waals surface area contributed by atoms with Gasteiger partial charge in [0.25, 0.3) is 0 Å². The molecule has 0 aliphatic carbocycles. The highest BCUT2D eigenvalue weighted by Crippen LogP contribution is 2.29. The summed E-state index contributed by atoms with van der Waals surface area (Å²) in [5.41, 5.74) is 3.72. The minimum atomic E-state index is -3.51. The lowest BCUT2D eigenvalue weighted by molar-refractivity contribution is 0.163. The molecular formula is C19H28N4O3S. The van der Waals surface area contributed by atoms with Gasteiger partial charge in [-0.15, -0.1) is 0 Å². The predicted molar refractivity (Wildman–Crippen MR) is 103 cm³/mol. The summed E-state index contributed by atoms with van der Waals surface area (Å²) < 4.78 is 33.5. The Balaban J connectivity index is 1.74. The zero-order valence-electron chi connectivity index (χ0n) is 16.7. The van der Waals surface area contributed by atoms with Crippen LogP contribution in [0.15, 0.2) is 15.5 Å². The summed E-state index contributed by atoms with van der Waals surface area (Å²) in [5.74, 6) is 1.29. The van der Waals surface area contributed by atoms with Gasteiger partial charge in [0.05, 0.1) is 11.4 Å². The molecule has 0 radical (unpaired) electrons. The molecule has 2 heterocycles. The van der Waals surface area contributed by atoms with Gasteiger partial charge in [0.15, 0.2) is 5.82 Å². The van der Waals surface area contributed by atoms with Crippen molar-refractivity contribution in [1.29, 1.82) is 0 Å². The van der Waals surface area contributed by atoms with Crippen LogP contribution in [0.5, 0.6) is 0 Å². The summed E-state index contributed by atoms with van der Waals surface area (Å²) in [7, 11) is -3.51. The molecule has 0 spiro atoms. The highest BCUT2D eigenvalue weighted by molar-refractivity contribution is 7.89. The first kappa shape index (κ1) is 20.0. The van der Waals surface area contributed by atoms with E-state index in [4.69, 9.17) is 4.52 Å². The third kappa shape index (κ3) is 3.93. The van der Waals surface area contributed by atoms with Crippen molar-refractivity contribution < 1.29 is 12.9 Å². The molecule has 2 aromatic rings. The summed E-state index contributed by atoms with van der Waals surface area (Å²) in [6, 6.07) is 2.05. The van der Waals surface area contributed by atoms with Gasteiger partial charge >= 0.3 is 0 Å². The fraction of sp³-hybridized carbons (Fsp3) is 0.579. The summed E-state index contributed by atoms with van der Waals surface area (Å²) in [5, 5.41) is 3.91. The molecule has 0 atom stereocenters. The molecule has 1 fully saturated rings. The van der Waals surface area contributed by atoms with Crippen molar-refractivity contribution in [2.45, 2.75) is 52.5 Å². The average Bonchev–Trinajstić information content (AvgIpc) is 3.08. The molecule has 1 aromatic carbocycles. The van der Waals surface area contributed by atoms with Gasteiger partial charge in [0, 0.05) is 32.6 Å². The SMILES string of the molecule is CCc1noc(CN2CCN(S(=O)(=O)c3c(C)c(C)cc(C)c3C)CC2)n1. The molecule has 148 valence electrons. The van der Waals surface area contributed by atoms with Gasteiger partial charge in [-0.1, -0.05) is 18.1 Å². The van der Waals surface area contributed by atoms with Gasteiger partial charge in [-0.05, 0) is 49.9 Å². The maximum atomic E-state index is 13.3. The Labute approximate surface area is 161 Å². The van der Waals surface area contributed by atoms with Crippen LogP contribution in [0.25, 0.3) is 0 Å². The van der Waals surface area contributed by atoms with E-state index >= 15 is 0 Å². The van der Waals surface area contributed by atoms with Gasteiger partial charge < -0.3 is 4.52 Å². The summed E-state index contributed by atoms with van der Waals surface area (Å²) >= 11 is 0. The van der Waals surface area contributed by atoms with E-state index in [1.807, 2.05) is 34.6 Å². The third-order valence-corrected chi connectivity index (χ3v) is 7.58. The van der Waals surface area contributed by atoms with Crippen LogP contribution in [-0.2, 0) is 23.0 Å². The zero-order valence-corrected chi connectivity index (χ0v) is 17.6. The van der Waals surface area contributed by atoms with Crippen LogP contribution in [0.4, 0.5) is 0 Å². The number of benzene rings is 1. The maximum absolute atomic E-state index is 13.3. The van der Waals surface area contributed by atoms with Gasteiger partial charge in [-0.25, -0.2) is 8.42 Å². The van der Waals surface area contributed by atoms with E-state index in [0.29, 0.717) is 49.3 Å². The maximum Gasteiger partial charge on any atom is 0.243 e. The first-order chi connectivity index (χ1) is 12.7. The second-order valence-electron chi connectivity index (χ2n) is 7.23. The summed E-state index contributed by atoms with van der Waals surface area (Å²) in [6.07, 6.45) is 0.740. The molecule has 1 aromatic heterocycles. The van der Waals surface area contributed by atoms with Crippen LogP contribution in [0.1, 0.15) is 40.9 Å². The van der Waals surface area contributed by atoms with Crippen molar-refractivity contribution in [1.82, 2.24) is 19.3 Å². The predicted octanol–water partition coefficient (Wildman–Crippen LogP) is 2.37. The lowest BCUT2D eigenvalue weighted by atomic mass is 10.0. The fourth-order valence-corrected chi connectivity index (χ4v) is 5.51. The highest BCUT2D eigenvalue weighted by Gasteiger charge is 2.32. The molecule has 0 saturated carbocycles.